The van der Waals surface area contributed by atoms with Gasteiger partial charge in [-0.2, -0.15) is 0 Å². The highest BCUT2D eigenvalue weighted by molar-refractivity contribution is 5.51. The van der Waals surface area contributed by atoms with Crippen molar-refractivity contribution < 1.29 is 15.3 Å². The van der Waals surface area contributed by atoms with Crippen LogP contribution in [-0.4, -0.2) is 20.9 Å². The van der Waals surface area contributed by atoms with Crippen molar-refractivity contribution in [1.29, 1.82) is 0 Å². The van der Waals surface area contributed by atoms with E-state index in [1.807, 2.05) is 13.8 Å². The van der Waals surface area contributed by atoms with Gasteiger partial charge in [0.25, 0.3) is 0 Å². The van der Waals surface area contributed by atoms with Crippen LogP contribution in [0, 0.1) is 31.6 Å². The van der Waals surface area contributed by atoms with Crippen LogP contribution < -0.4 is 0 Å². The molecule has 0 bridgehead atoms. The summed E-state index contributed by atoms with van der Waals surface area (Å²) in [7, 11) is 0. The van der Waals surface area contributed by atoms with Crippen LogP contribution in [0.3, 0.4) is 0 Å². The molecule has 0 radical (unpaired) electrons. The second-order valence-corrected chi connectivity index (χ2v) is 11.0. The maximum atomic E-state index is 10.8. The van der Waals surface area contributed by atoms with Crippen molar-refractivity contribution in [3.63, 3.8) is 0 Å². The van der Waals surface area contributed by atoms with Gasteiger partial charge in [-0.25, -0.2) is 0 Å². The molecule has 180 valence electrons. The molecule has 1 aromatic rings. The predicted molar refractivity (Wildman–Crippen MR) is 133 cm³/mol. The molecule has 31 heavy (non-hydrogen) atoms. The van der Waals surface area contributed by atoms with Gasteiger partial charge < -0.3 is 15.3 Å². The first-order valence-electron chi connectivity index (χ1n) is 12.7. The lowest BCUT2D eigenvalue weighted by Crippen LogP contribution is -2.25. The zero-order valence-corrected chi connectivity index (χ0v) is 21.4. The maximum Gasteiger partial charge on any atom is 0.122 e. The van der Waals surface area contributed by atoms with Crippen molar-refractivity contribution in [2.24, 2.45) is 17.8 Å². The molecule has 0 amide bonds. The van der Waals surface area contributed by atoms with Gasteiger partial charge in [-0.3, -0.25) is 0 Å². The van der Waals surface area contributed by atoms with Crippen LogP contribution in [0.2, 0.25) is 0 Å². The van der Waals surface area contributed by atoms with Gasteiger partial charge in [0.2, 0.25) is 0 Å². The number of rotatable bonds is 15. The molecule has 0 saturated heterocycles. The van der Waals surface area contributed by atoms with Gasteiger partial charge in [-0.15, -0.1) is 0 Å². The van der Waals surface area contributed by atoms with Crippen LogP contribution >= 0.6 is 0 Å². The third-order valence-corrected chi connectivity index (χ3v) is 7.05. The fraction of sp³-hybridized carbons (Fsp3) is 0.786. The molecular weight excluding hydrogens is 384 g/mol. The first-order chi connectivity index (χ1) is 14.4. The fourth-order valence-corrected chi connectivity index (χ4v) is 4.59. The number of phenolic OH excluding ortho intramolecular Hbond substituents is 2. The van der Waals surface area contributed by atoms with Crippen molar-refractivity contribution >= 4 is 0 Å². The number of aliphatic hydroxyl groups is 1. The van der Waals surface area contributed by atoms with Gasteiger partial charge >= 0.3 is 0 Å². The van der Waals surface area contributed by atoms with Crippen LogP contribution in [0.1, 0.15) is 116 Å². The van der Waals surface area contributed by atoms with E-state index in [1.165, 1.54) is 38.5 Å². The average molecular weight is 435 g/mol. The normalized spacial score (nSPS) is 15.8. The van der Waals surface area contributed by atoms with Gasteiger partial charge in [-0.05, 0) is 75.0 Å². The predicted octanol–water partition coefficient (Wildman–Crippen LogP) is 7.84. The molecule has 0 fully saturated rings. The largest absolute Gasteiger partial charge is 0.508 e. The lowest BCUT2D eigenvalue weighted by atomic mass is 9.87. The molecule has 0 aromatic heterocycles. The number of aryl methyl sites for hydroxylation is 1. The number of hydrogen-bond acceptors (Lipinski definition) is 3. The fourth-order valence-electron chi connectivity index (χ4n) is 4.59. The molecule has 0 aliphatic heterocycles. The summed E-state index contributed by atoms with van der Waals surface area (Å²) in [6, 6.07) is 1.60. The van der Waals surface area contributed by atoms with E-state index in [9.17, 15) is 15.3 Å². The second-order valence-electron chi connectivity index (χ2n) is 11.0. The van der Waals surface area contributed by atoms with E-state index in [0.717, 1.165) is 36.7 Å². The molecule has 1 aromatic carbocycles. The summed E-state index contributed by atoms with van der Waals surface area (Å²) < 4.78 is 0. The highest BCUT2D eigenvalue weighted by Crippen LogP contribution is 2.34. The van der Waals surface area contributed by atoms with Crippen molar-refractivity contribution in [1.82, 2.24) is 0 Å². The Morgan fingerprint density at radius 2 is 1.32 bits per heavy atom. The minimum absolute atomic E-state index is 0.216. The molecule has 3 nitrogen and oxygen atoms in total. The number of phenols is 2. The first kappa shape index (κ1) is 27.8. The van der Waals surface area contributed by atoms with Crippen LogP contribution in [-0.2, 0) is 6.42 Å². The Kier molecular flexibility index (Phi) is 12.0. The Labute approximate surface area is 192 Å². The first-order valence-corrected chi connectivity index (χ1v) is 12.7. The molecule has 0 saturated carbocycles. The van der Waals surface area contributed by atoms with E-state index in [-0.39, 0.29) is 11.5 Å². The quantitative estimate of drug-likeness (QED) is 0.246. The van der Waals surface area contributed by atoms with E-state index in [2.05, 4.69) is 27.7 Å². The van der Waals surface area contributed by atoms with Gasteiger partial charge in [0.1, 0.15) is 11.5 Å². The Morgan fingerprint density at radius 1 is 0.806 bits per heavy atom. The molecular formula is C28H50O3. The van der Waals surface area contributed by atoms with E-state index in [1.54, 1.807) is 13.0 Å². The lowest BCUT2D eigenvalue weighted by Gasteiger charge is -2.25. The Balaban J connectivity index is 2.30. The number of aromatic hydroxyl groups is 2. The standard InChI is InChI=1S/C28H50O3/c1-20(2)11-8-12-21(3)13-9-14-22(4)15-10-17-28(7,31)18-16-25-24(6)26(29)19-23(5)27(25)30/h19-22,29-31H,8-18H2,1-7H3/t21-,22-,28-/m1/s1. The second kappa shape index (κ2) is 13.4. The molecule has 0 spiro atoms. The zero-order valence-electron chi connectivity index (χ0n) is 21.4. The molecule has 3 heteroatoms. The average Bonchev–Trinajstić information content (AvgIpc) is 2.66. The minimum atomic E-state index is -0.747. The SMILES string of the molecule is Cc1cc(O)c(C)c(CC[C@](C)(O)CCC[C@H](C)CCC[C@H](C)CCCC(C)C)c1O. The van der Waals surface area contributed by atoms with E-state index < -0.39 is 5.60 Å². The smallest absolute Gasteiger partial charge is 0.122 e. The molecule has 0 aliphatic carbocycles. The molecule has 0 heterocycles. The van der Waals surface area contributed by atoms with Crippen LogP contribution in [0.4, 0.5) is 0 Å². The molecule has 1 rings (SSSR count). The van der Waals surface area contributed by atoms with Crippen molar-refractivity contribution in [2.45, 2.75) is 125 Å². The minimum Gasteiger partial charge on any atom is -0.508 e. The van der Waals surface area contributed by atoms with Crippen LogP contribution in [0.25, 0.3) is 0 Å². The van der Waals surface area contributed by atoms with Crippen LogP contribution in [0.15, 0.2) is 6.07 Å². The Hall–Kier alpha value is -1.22. The Morgan fingerprint density at radius 3 is 1.87 bits per heavy atom. The summed E-state index contributed by atoms with van der Waals surface area (Å²) in [4.78, 5) is 0. The number of hydrogen-bond donors (Lipinski definition) is 3. The van der Waals surface area contributed by atoms with Crippen molar-refractivity contribution in [3.8, 4) is 11.5 Å². The third-order valence-electron chi connectivity index (χ3n) is 7.05. The van der Waals surface area contributed by atoms with Crippen molar-refractivity contribution in [3.05, 3.63) is 22.8 Å². The molecule has 0 aliphatic rings. The van der Waals surface area contributed by atoms with E-state index in [0.29, 0.717) is 29.9 Å². The van der Waals surface area contributed by atoms with Gasteiger partial charge in [0, 0.05) is 5.56 Å². The highest BCUT2D eigenvalue weighted by Gasteiger charge is 2.22. The summed E-state index contributed by atoms with van der Waals surface area (Å²) in [5.41, 5.74) is 1.41. The summed E-state index contributed by atoms with van der Waals surface area (Å²) in [5, 5.41) is 31.2. The van der Waals surface area contributed by atoms with E-state index in [4.69, 9.17) is 0 Å². The van der Waals surface area contributed by atoms with Gasteiger partial charge in [0.15, 0.2) is 0 Å². The Bertz CT molecular complexity index is 622. The molecule has 0 unspecified atom stereocenters. The number of benzene rings is 1. The molecule has 3 atom stereocenters. The summed E-state index contributed by atoms with van der Waals surface area (Å²) in [5.74, 6) is 2.83. The van der Waals surface area contributed by atoms with Gasteiger partial charge in [-0.1, -0.05) is 79.1 Å². The lowest BCUT2D eigenvalue weighted by molar-refractivity contribution is 0.0384. The highest BCUT2D eigenvalue weighted by atomic mass is 16.3. The summed E-state index contributed by atoms with van der Waals surface area (Å²) in [6.45, 7) is 14.9. The third kappa shape index (κ3) is 10.8. The van der Waals surface area contributed by atoms with Crippen LogP contribution in [0.5, 0.6) is 11.5 Å². The van der Waals surface area contributed by atoms with E-state index >= 15 is 0 Å². The zero-order chi connectivity index (χ0) is 23.6. The molecule has 3 N–H and O–H groups in total. The summed E-state index contributed by atoms with van der Waals surface area (Å²) >= 11 is 0. The monoisotopic (exact) mass is 434 g/mol. The maximum absolute atomic E-state index is 10.8. The topological polar surface area (TPSA) is 60.7 Å². The van der Waals surface area contributed by atoms with Gasteiger partial charge in [0.05, 0.1) is 5.60 Å². The van der Waals surface area contributed by atoms with Crippen molar-refractivity contribution in [2.75, 3.05) is 0 Å². The summed E-state index contributed by atoms with van der Waals surface area (Å²) in [6.07, 6.45) is 12.2.